The first-order valence-electron chi connectivity index (χ1n) is 5.97. The molecule has 0 aliphatic carbocycles. The van der Waals surface area contributed by atoms with Crippen LogP contribution in [0.1, 0.15) is 46.2 Å². The van der Waals surface area contributed by atoms with Crippen LogP contribution in [0.15, 0.2) is 6.20 Å². The summed E-state index contributed by atoms with van der Waals surface area (Å²) >= 11 is 0. The molecule has 0 saturated carbocycles. The number of hydrogen-bond acceptors (Lipinski definition) is 2. The van der Waals surface area contributed by atoms with E-state index < -0.39 is 0 Å². The van der Waals surface area contributed by atoms with E-state index in [1.165, 1.54) is 12.8 Å². The molecule has 0 N–H and O–H groups in total. The van der Waals surface area contributed by atoms with Gasteiger partial charge in [0.15, 0.2) is 0 Å². The largest absolute Gasteiger partial charge is 0.252 e. The Morgan fingerprint density at radius 1 is 1.20 bits per heavy atom. The van der Waals surface area contributed by atoms with Crippen molar-refractivity contribution in [2.45, 2.75) is 53.5 Å². The third-order valence-corrected chi connectivity index (χ3v) is 2.37. The molecule has 0 spiro atoms. The number of aromatic nitrogens is 3. The molecule has 0 amide bonds. The molecule has 1 aromatic heterocycles. The first kappa shape index (κ1) is 12.2. The maximum absolute atomic E-state index is 4.17. The second-order valence-electron chi connectivity index (χ2n) is 5.11. The van der Waals surface area contributed by atoms with Crippen LogP contribution in [0.2, 0.25) is 0 Å². The molecular weight excluding hydrogens is 186 g/mol. The zero-order valence-corrected chi connectivity index (χ0v) is 10.4. The number of aryl methyl sites for hydroxylation is 1. The van der Waals surface area contributed by atoms with Gasteiger partial charge in [0.05, 0.1) is 5.69 Å². The molecule has 0 atom stereocenters. The second-order valence-corrected chi connectivity index (χ2v) is 5.11. The summed E-state index contributed by atoms with van der Waals surface area (Å²) in [5.74, 6) is 1.44. The van der Waals surface area contributed by atoms with E-state index >= 15 is 0 Å². The summed E-state index contributed by atoms with van der Waals surface area (Å²) in [5, 5.41) is 8.30. The summed E-state index contributed by atoms with van der Waals surface area (Å²) in [6.07, 6.45) is 5.58. The molecule has 0 radical (unpaired) electrons. The van der Waals surface area contributed by atoms with E-state index in [4.69, 9.17) is 0 Å². The Bertz CT molecular complexity index is 276. The molecule has 1 rings (SSSR count). The maximum atomic E-state index is 4.17. The van der Waals surface area contributed by atoms with Gasteiger partial charge in [0, 0.05) is 12.7 Å². The summed E-state index contributed by atoms with van der Waals surface area (Å²) in [4.78, 5) is 0. The molecule has 86 valence electrons. The molecule has 1 aromatic rings. The fourth-order valence-corrected chi connectivity index (χ4v) is 1.62. The predicted molar refractivity (Wildman–Crippen MR) is 62.6 cm³/mol. The van der Waals surface area contributed by atoms with Gasteiger partial charge in [-0.25, -0.2) is 0 Å². The highest BCUT2D eigenvalue weighted by Crippen LogP contribution is 2.07. The first-order chi connectivity index (χ1) is 7.08. The summed E-state index contributed by atoms with van der Waals surface area (Å²) in [6.45, 7) is 9.93. The van der Waals surface area contributed by atoms with E-state index in [9.17, 15) is 0 Å². The van der Waals surface area contributed by atoms with Gasteiger partial charge in [0.2, 0.25) is 0 Å². The number of nitrogens with zero attached hydrogens (tertiary/aromatic N) is 3. The van der Waals surface area contributed by atoms with E-state index in [-0.39, 0.29) is 0 Å². The Morgan fingerprint density at radius 3 is 2.53 bits per heavy atom. The highest BCUT2D eigenvalue weighted by molar-refractivity contribution is 4.92. The molecule has 0 aliphatic rings. The molecule has 0 unspecified atom stereocenters. The van der Waals surface area contributed by atoms with Crippen LogP contribution < -0.4 is 0 Å². The molecule has 0 aliphatic heterocycles. The van der Waals surface area contributed by atoms with Crippen molar-refractivity contribution in [1.82, 2.24) is 15.0 Å². The minimum atomic E-state index is 0.658. The minimum absolute atomic E-state index is 0.658. The number of rotatable bonds is 6. The Labute approximate surface area is 92.9 Å². The van der Waals surface area contributed by atoms with Crippen molar-refractivity contribution in [2.75, 3.05) is 0 Å². The zero-order chi connectivity index (χ0) is 11.3. The van der Waals surface area contributed by atoms with Gasteiger partial charge < -0.3 is 0 Å². The van der Waals surface area contributed by atoms with E-state index in [0.29, 0.717) is 5.92 Å². The molecular formula is C12H23N3. The highest BCUT2D eigenvalue weighted by atomic mass is 15.4. The van der Waals surface area contributed by atoms with Crippen LogP contribution in [0.25, 0.3) is 0 Å². The normalized spacial score (nSPS) is 11.6. The molecule has 0 bridgehead atoms. The van der Waals surface area contributed by atoms with Gasteiger partial charge in [-0.05, 0) is 31.1 Å². The summed E-state index contributed by atoms with van der Waals surface area (Å²) in [7, 11) is 0. The van der Waals surface area contributed by atoms with Gasteiger partial charge >= 0.3 is 0 Å². The van der Waals surface area contributed by atoms with Crippen molar-refractivity contribution in [3.8, 4) is 0 Å². The van der Waals surface area contributed by atoms with Gasteiger partial charge in [-0.3, -0.25) is 4.68 Å². The van der Waals surface area contributed by atoms with Crippen molar-refractivity contribution < 1.29 is 0 Å². The first-order valence-corrected chi connectivity index (χ1v) is 5.97. The maximum Gasteiger partial charge on any atom is 0.0829 e. The van der Waals surface area contributed by atoms with Crippen LogP contribution in [0.3, 0.4) is 0 Å². The van der Waals surface area contributed by atoms with Crippen LogP contribution in [-0.4, -0.2) is 15.0 Å². The van der Waals surface area contributed by atoms with E-state index in [1.54, 1.807) is 0 Å². The van der Waals surface area contributed by atoms with Crippen LogP contribution in [0.5, 0.6) is 0 Å². The summed E-state index contributed by atoms with van der Waals surface area (Å²) in [6, 6.07) is 0. The van der Waals surface area contributed by atoms with Crippen molar-refractivity contribution in [1.29, 1.82) is 0 Å². The lowest BCUT2D eigenvalue weighted by molar-refractivity contribution is 0.482. The Kier molecular flexibility index (Phi) is 4.79. The minimum Gasteiger partial charge on any atom is -0.252 e. The standard InChI is InChI=1S/C12H23N3/c1-10(2)6-5-7-15-9-12(13-14-15)8-11(3)4/h9-11H,5-8H2,1-4H3. The summed E-state index contributed by atoms with van der Waals surface area (Å²) in [5.41, 5.74) is 1.12. The topological polar surface area (TPSA) is 30.7 Å². The second kappa shape index (κ2) is 5.89. The number of hydrogen-bond donors (Lipinski definition) is 0. The molecule has 1 heterocycles. The molecule has 3 nitrogen and oxygen atoms in total. The molecule has 0 saturated heterocycles. The molecule has 3 heteroatoms. The SMILES string of the molecule is CC(C)CCCn1cc(CC(C)C)nn1. The predicted octanol–water partition coefficient (Wildman–Crippen LogP) is 2.91. The van der Waals surface area contributed by atoms with Gasteiger partial charge in [-0.1, -0.05) is 32.9 Å². The third-order valence-electron chi connectivity index (χ3n) is 2.37. The average Bonchev–Trinajstić information content (AvgIpc) is 2.50. The van der Waals surface area contributed by atoms with Crippen molar-refractivity contribution in [2.24, 2.45) is 11.8 Å². The average molecular weight is 209 g/mol. The smallest absolute Gasteiger partial charge is 0.0829 e. The van der Waals surface area contributed by atoms with Gasteiger partial charge in [-0.2, -0.15) is 0 Å². The Hall–Kier alpha value is -0.860. The van der Waals surface area contributed by atoms with E-state index in [0.717, 1.165) is 24.6 Å². The van der Waals surface area contributed by atoms with Crippen molar-refractivity contribution in [3.05, 3.63) is 11.9 Å². The fraction of sp³-hybridized carbons (Fsp3) is 0.833. The molecule has 0 fully saturated rings. The fourth-order valence-electron chi connectivity index (χ4n) is 1.62. The lowest BCUT2D eigenvalue weighted by Crippen LogP contribution is -2.00. The van der Waals surface area contributed by atoms with Crippen molar-refractivity contribution in [3.63, 3.8) is 0 Å². The quantitative estimate of drug-likeness (QED) is 0.721. The van der Waals surface area contributed by atoms with E-state index in [1.807, 2.05) is 4.68 Å². The monoisotopic (exact) mass is 209 g/mol. The zero-order valence-electron chi connectivity index (χ0n) is 10.4. The van der Waals surface area contributed by atoms with Crippen LogP contribution >= 0.6 is 0 Å². The van der Waals surface area contributed by atoms with Crippen LogP contribution in [0.4, 0.5) is 0 Å². The van der Waals surface area contributed by atoms with Crippen molar-refractivity contribution >= 4 is 0 Å². The van der Waals surface area contributed by atoms with Gasteiger partial charge in [-0.15, -0.1) is 5.10 Å². The Balaban J connectivity index is 2.33. The van der Waals surface area contributed by atoms with Gasteiger partial charge in [0.25, 0.3) is 0 Å². The van der Waals surface area contributed by atoms with Crippen LogP contribution in [-0.2, 0) is 13.0 Å². The lowest BCUT2D eigenvalue weighted by Gasteiger charge is -2.03. The Morgan fingerprint density at radius 2 is 1.93 bits per heavy atom. The van der Waals surface area contributed by atoms with Crippen LogP contribution in [0, 0.1) is 11.8 Å². The third kappa shape index (κ3) is 4.96. The lowest BCUT2D eigenvalue weighted by atomic mass is 10.1. The summed E-state index contributed by atoms with van der Waals surface area (Å²) < 4.78 is 1.97. The molecule has 15 heavy (non-hydrogen) atoms. The molecule has 0 aromatic carbocycles. The van der Waals surface area contributed by atoms with E-state index in [2.05, 4.69) is 44.2 Å². The highest BCUT2D eigenvalue weighted by Gasteiger charge is 2.03. The van der Waals surface area contributed by atoms with Gasteiger partial charge in [0.1, 0.15) is 0 Å².